The van der Waals surface area contributed by atoms with Crippen LogP contribution in [0.5, 0.6) is 23.1 Å². The van der Waals surface area contributed by atoms with Gasteiger partial charge in [0.15, 0.2) is 11.5 Å². The molecule has 1 aliphatic rings. The van der Waals surface area contributed by atoms with Gasteiger partial charge in [0.25, 0.3) is 0 Å². The molecule has 1 atom stereocenters. The third kappa shape index (κ3) is 3.69. The van der Waals surface area contributed by atoms with Crippen LogP contribution in [-0.4, -0.2) is 30.5 Å². The van der Waals surface area contributed by atoms with E-state index in [1.165, 1.54) is 0 Å². The Balaban J connectivity index is 1.89. The molecule has 2 aromatic carbocycles. The number of nitriles is 1. The van der Waals surface area contributed by atoms with Gasteiger partial charge in [0.05, 0.1) is 37.5 Å². The summed E-state index contributed by atoms with van der Waals surface area (Å²) < 4.78 is 22.5. The van der Waals surface area contributed by atoms with Gasteiger partial charge >= 0.3 is 0 Å². The van der Waals surface area contributed by atoms with Gasteiger partial charge in [-0.05, 0) is 43.7 Å². The Bertz CT molecular complexity index is 1210. The average Bonchev–Trinajstić information content (AvgIpc) is 3.22. The minimum atomic E-state index is -0.502. The smallest absolute Gasteiger partial charge is 0.244 e. The lowest BCUT2D eigenvalue weighted by atomic mass is 9.83. The largest absolute Gasteiger partial charge is 0.494 e. The van der Waals surface area contributed by atoms with Gasteiger partial charge in [0.2, 0.25) is 11.8 Å². The summed E-state index contributed by atoms with van der Waals surface area (Å²) in [5, 5.41) is 17.3. The molecule has 8 heteroatoms. The predicted octanol–water partition coefficient (Wildman–Crippen LogP) is 4.10. The molecule has 0 bridgehead atoms. The zero-order valence-electron chi connectivity index (χ0n) is 18.1. The van der Waals surface area contributed by atoms with E-state index in [9.17, 15) is 5.26 Å². The zero-order valence-corrected chi connectivity index (χ0v) is 18.1. The summed E-state index contributed by atoms with van der Waals surface area (Å²) in [5.41, 5.74) is 9.49. The maximum Gasteiger partial charge on any atom is 0.244 e. The Labute approximate surface area is 186 Å². The van der Waals surface area contributed by atoms with Crippen molar-refractivity contribution < 1.29 is 18.9 Å². The molecule has 0 spiro atoms. The number of rotatable bonds is 7. The fourth-order valence-corrected chi connectivity index (χ4v) is 3.84. The second-order valence-electron chi connectivity index (χ2n) is 7.05. The van der Waals surface area contributed by atoms with Gasteiger partial charge in [-0.25, -0.2) is 0 Å². The fraction of sp³-hybridized carbons (Fsp3) is 0.250. The number of ether oxygens (including phenoxy) is 4. The summed E-state index contributed by atoms with van der Waals surface area (Å²) in [6, 6.07) is 15.4. The second-order valence-corrected chi connectivity index (χ2v) is 7.05. The molecule has 0 fully saturated rings. The monoisotopic (exact) mass is 432 g/mol. The van der Waals surface area contributed by atoms with Crippen LogP contribution < -0.4 is 24.7 Å². The van der Waals surface area contributed by atoms with Gasteiger partial charge < -0.3 is 24.7 Å². The van der Waals surface area contributed by atoms with E-state index >= 15 is 0 Å². The Morgan fingerprint density at radius 1 is 1.12 bits per heavy atom. The standard InChI is InChI=1S/C24H24N4O4/c1-4-30-16-8-6-7-15(11-16)22-21-20(17(13-25)23(26)32-24(21)28-27-22)14-9-10-18(31-5-2)19(12-14)29-3/h6-12,20H,4-5,26H2,1-3H3,(H,27,28). The van der Waals surface area contributed by atoms with Gasteiger partial charge in [-0.15, -0.1) is 5.10 Å². The number of hydrogen-bond acceptors (Lipinski definition) is 7. The van der Waals surface area contributed by atoms with Crippen LogP contribution in [0.2, 0.25) is 0 Å². The molecule has 164 valence electrons. The molecule has 4 rings (SSSR count). The first kappa shape index (κ1) is 21.1. The highest BCUT2D eigenvalue weighted by Gasteiger charge is 2.36. The highest BCUT2D eigenvalue weighted by Crippen LogP contribution is 2.47. The van der Waals surface area contributed by atoms with Crippen molar-refractivity contribution in [3.8, 4) is 40.5 Å². The van der Waals surface area contributed by atoms with Gasteiger partial charge in [-0.1, -0.05) is 18.2 Å². The molecule has 2 heterocycles. The molecular weight excluding hydrogens is 408 g/mol. The van der Waals surface area contributed by atoms with Crippen LogP contribution in [0.15, 0.2) is 53.9 Å². The van der Waals surface area contributed by atoms with Crippen molar-refractivity contribution in [1.82, 2.24) is 10.2 Å². The minimum Gasteiger partial charge on any atom is -0.494 e. The van der Waals surface area contributed by atoms with Crippen molar-refractivity contribution in [3.05, 3.63) is 65.0 Å². The Morgan fingerprint density at radius 2 is 1.94 bits per heavy atom. The van der Waals surface area contributed by atoms with E-state index in [-0.39, 0.29) is 5.88 Å². The topological polar surface area (TPSA) is 115 Å². The number of benzene rings is 2. The summed E-state index contributed by atoms with van der Waals surface area (Å²) in [7, 11) is 1.58. The lowest BCUT2D eigenvalue weighted by Gasteiger charge is -2.25. The van der Waals surface area contributed by atoms with E-state index in [1.807, 2.05) is 56.3 Å². The number of nitrogens with two attached hydrogens (primary N) is 1. The molecule has 1 aromatic heterocycles. The number of aromatic nitrogens is 2. The van der Waals surface area contributed by atoms with Crippen molar-refractivity contribution in [2.24, 2.45) is 5.73 Å². The van der Waals surface area contributed by atoms with Crippen LogP contribution in [-0.2, 0) is 0 Å². The Morgan fingerprint density at radius 3 is 2.66 bits per heavy atom. The van der Waals surface area contributed by atoms with E-state index in [4.69, 9.17) is 24.7 Å². The lowest BCUT2D eigenvalue weighted by Crippen LogP contribution is -2.21. The first-order valence-electron chi connectivity index (χ1n) is 10.3. The maximum absolute atomic E-state index is 9.92. The van der Waals surface area contributed by atoms with Crippen LogP contribution in [0.25, 0.3) is 11.3 Å². The average molecular weight is 432 g/mol. The quantitative estimate of drug-likeness (QED) is 0.577. The van der Waals surface area contributed by atoms with Crippen LogP contribution in [0.3, 0.4) is 0 Å². The van der Waals surface area contributed by atoms with Crippen molar-refractivity contribution in [2.45, 2.75) is 19.8 Å². The van der Waals surface area contributed by atoms with Gasteiger partial charge in [0.1, 0.15) is 17.4 Å². The molecule has 0 saturated carbocycles. The molecule has 0 aliphatic carbocycles. The number of H-pyrrole nitrogens is 1. The van der Waals surface area contributed by atoms with E-state index in [0.29, 0.717) is 36.2 Å². The van der Waals surface area contributed by atoms with Crippen LogP contribution in [0, 0.1) is 11.3 Å². The highest BCUT2D eigenvalue weighted by atomic mass is 16.5. The number of fused-ring (bicyclic) bond motifs is 1. The predicted molar refractivity (Wildman–Crippen MR) is 119 cm³/mol. The molecule has 0 radical (unpaired) electrons. The van der Waals surface area contributed by atoms with Crippen LogP contribution in [0.4, 0.5) is 0 Å². The summed E-state index contributed by atoms with van der Waals surface area (Å²) in [6.07, 6.45) is 0. The van der Waals surface area contributed by atoms with E-state index in [1.54, 1.807) is 7.11 Å². The molecule has 32 heavy (non-hydrogen) atoms. The number of allylic oxidation sites excluding steroid dienone is 1. The summed E-state index contributed by atoms with van der Waals surface area (Å²) in [5.74, 6) is 1.78. The SMILES string of the molecule is CCOc1cccc(-c2[nH]nc3c2C(c2ccc(OCC)c(OC)c2)C(C#N)=C(N)O3)c1. The molecule has 8 nitrogen and oxygen atoms in total. The number of methoxy groups -OCH3 is 1. The van der Waals surface area contributed by atoms with Gasteiger partial charge in [0, 0.05) is 5.56 Å². The lowest BCUT2D eigenvalue weighted by molar-refractivity contribution is 0.310. The molecule has 0 saturated heterocycles. The number of aromatic amines is 1. The molecule has 1 aliphatic heterocycles. The summed E-state index contributed by atoms with van der Waals surface area (Å²) in [4.78, 5) is 0. The third-order valence-electron chi connectivity index (χ3n) is 5.19. The van der Waals surface area contributed by atoms with Crippen LogP contribution >= 0.6 is 0 Å². The number of hydrogen-bond donors (Lipinski definition) is 2. The molecule has 3 N–H and O–H groups in total. The Kier molecular flexibility index (Phi) is 5.90. The molecule has 1 unspecified atom stereocenters. The fourth-order valence-electron chi connectivity index (χ4n) is 3.84. The third-order valence-corrected chi connectivity index (χ3v) is 5.19. The van der Waals surface area contributed by atoms with E-state index in [0.717, 1.165) is 28.1 Å². The number of nitrogens with one attached hydrogen (secondary N) is 1. The normalized spacial score (nSPS) is 14.9. The summed E-state index contributed by atoms with van der Waals surface area (Å²) in [6.45, 7) is 4.90. The first-order chi connectivity index (χ1) is 15.6. The highest BCUT2D eigenvalue weighted by molar-refractivity contribution is 5.72. The molecular formula is C24H24N4O4. The van der Waals surface area contributed by atoms with Crippen LogP contribution in [0.1, 0.15) is 30.9 Å². The van der Waals surface area contributed by atoms with E-state index < -0.39 is 5.92 Å². The van der Waals surface area contributed by atoms with Crippen molar-refractivity contribution in [3.63, 3.8) is 0 Å². The zero-order chi connectivity index (χ0) is 22.7. The minimum absolute atomic E-state index is 0.0268. The van der Waals surface area contributed by atoms with Gasteiger partial charge in [-0.2, -0.15) is 5.26 Å². The molecule has 3 aromatic rings. The van der Waals surface area contributed by atoms with Crippen molar-refractivity contribution in [1.29, 1.82) is 5.26 Å². The number of nitrogens with zero attached hydrogens (tertiary/aromatic N) is 2. The van der Waals surface area contributed by atoms with E-state index in [2.05, 4.69) is 16.3 Å². The summed E-state index contributed by atoms with van der Waals surface area (Å²) >= 11 is 0. The molecule has 0 amide bonds. The van der Waals surface area contributed by atoms with Crippen molar-refractivity contribution in [2.75, 3.05) is 20.3 Å². The first-order valence-corrected chi connectivity index (χ1v) is 10.3. The van der Waals surface area contributed by atoms with Gasteiger partial charge in [-0.3, -0.25) is 5.10 Å². The maximum atomic E-state index is 9.92. The van der Waals surface area contributed by atoms with Crippen molar-refractivity contribution >= 4 is 0 Å². The second kappa shape index (κ2) is 8.94. The Hall–Kier alpha value is -4.12.